The van der Waals surface area contributed by atoms with Crippen LogP contribution in [0.15, 0.2) is 0 Å². The SMILES string of the molecule is COC(=O)C(C)(CC(C)(C)C)C(C)(C)CC(C)(C(=O)C(C)C(C)CCO)C(C)(C)C. The summed E-state index contributed by atoms with van der Waals surface area (Å²) >= 11 is 0. The molecule has 0 bridgehead atoms. The molecule has 0 aromatic carbocycles. The molecule has 1 N–H and O–H groups in total. The first-order chi connectivity index (χ1) is 13.2. The Bertz CT molecular complexity index is 593. The number of rotatable bonds is 10. The molecule has 4 atom stereocenters. The van der Waals surface area contributed by atoms with Gasteiger partial charge in [-0.05, 0) is 48.3 Å². The van der Waals surface area contributed by atoms with Crippen LogP contribution in [0.3, 0.4) is 0 Å². The number of carbonyl (C=O) groups is 2. The maximum Gasteiger partial charge on any atom is 0.312 e. The quantitative estimate of drug-likeness (QED) is 0.417. The highest BCUT2D eigenvalue weighted by molar-refractivity contribution is 5.87. The predicted octanol–water partition coefficient (Wildman–Crippen LogP) is 6.29. The molecule has 0 aliphatic carbocycles. The summed E-state index contributed by atoms with van der Waals surface area (Å²) < 4.78 is 5.27. The fourth-order valence-electron chi connectivity index (χ4n) is 4.89. The molecule has 4 heteroatoms. The molecule has 30 heavy (non-hydrogen) atoms. The van der Waals surface area contributed by atoms with Crippen LogP contribution in [0.4, 0.5) is 0 Å². The van der Waals surface area contributed by atoms with Crippen molar-refractivity contribution in [1.29, 1.82) is 0 Å². The van der Waals surface area contributed by atoms with Crippen molar-refractivity contribution in [2.24, 2.45) is 38.9 Å². The standard InChI is InChI=1S/C26H50O4/c1-18(14-15-27)19(2)20(28)25(11,23(6,7)8)17-24(9,10)26(12,21(29)30-13)16-22(3,4)5/h18-19,27H,14-17H2,1-13H3. The maximum atomic E-state index is 13.9. The predicted molar refractivity (Wildman–Crippen MR) is 125 cm³/mol. The lowest BCUT2D eigenvalue weighted by molar-refractivity contribution is -0.168. The van der Waals surface area contributed by atoms with E-state index in [9.17, 15) is 14.7 Å². The third kappa shape index (κ3) is 6.31. The van der Waals surface area contributed by atoms with Gasteiger partial charge in [0, 0.05) is 17.9 Å². The molecule has 0 radical (unpaired) electrons. The number of esters is 1. The first-order valence-corrected chi connectivity index (χ1v) is 11.4. The van der Waals surface area contributed by atoms with Crippen LogP contribution in [-0.4, -0.2) is 30.6 Å². The van der Waals surface area contributed by atoms with Crippen molar-refractivity contribution in [2.45, 2.75) is 102 Å². The van der Waals surface area contributed by atoms with E-state index in [-0.39, 0.29) is 41.0 Å². The van der Waals surface area contributed by atoms with Gasteiger partial charge in [-0.2, -0.15) is 0 Å². The van der Waals surface area contributed by atoms with E-state index in [2.05, 4.69) is 62.3 Å². The third-order valence-corrected chi connectivity index (χ3v) is 7.86. The highest BCUT2D eigenvalue weighted by Gasteiger charge is 2.56. The van der Waals surface area contributed by atoms with Crippen LogP contribution in [0.2, 0.25) is 0 Å². The van der Waals surface area contributed by atoms with Gasteiger partial charge in [-0.3, -0.25) is 9.59 Å². The minimum Gasteiger partial charge on any atom is -0.469 e. The molecule has 0 aromatic heterocycles. The van der Waals surface area contributed by atoms with E-state index in [1.165, 1.54) is 7.11 Å². The van der Waals surface area contributed by atoms with E-state index in [4.69, 9.17) is 4.74 Å². The number of hydrogen-bond donors (Lipinski definition) is 1. The van der Waals surface area contributed by atoms with E-state index in [0.29, 0.717) is 19.3 Å². The van der Waals surface area contributed by atoms with Gasteiger partial charge >= 0.3 is 5.97 Å². The van der Waals surface area contributed by atoms with E-state index >= 15 is 0 Å². The Morgan fingerprint density at radius 1 is 0.833 bits per heavy atom. The van der Waals surface area contributed by atoms with Crippen molar-refractivity contribution < 1.29 is 19.4 Å². The Balaban J connectivity index is 6.38. The number of aliphatic hydroxyl groups excluding tert-OH is 1. The molecular formula is C26H50O4. The third-order valence-electron chi connectivity index (χ3n) is 7.86. The summed E-state index contributed by atoms with van der Waals surface area (Å²) in [7, 11) is 1.45. The fourth-order valence-corrected chi connectivity index (χ4v) is 4.89. The molecule has 0 spiro atoms. The molecule has 0 saturated heterocycles. The molecular weight excluding hydrogens is 376 g/mol. The van der Waals surface area contributed by atoms with Crippen molar-refractivity contribution in [1.82, 2.24) is 0 Å². The molecule has 0 aliphatic heterocycles. The monoisotopic (exact) mass is 426 g/mol. The van der Waals surface area contributed by atoms with Crippen LogP contribution >= 0.6 is 0 Å². The zero-order valence-corrected chi connectivity index (χ0v) is 22.2. The summed E-state index contributed by atoms with van der Waals surface area (Å²) in [5, 5.41) is 9.36. The highest BCUT2D eigenvalue weighted by atomic mass is 16.5. The molecule has 0 fully saturated rings. The molecule has 0 rings (SSSR count). The zero-order chi connectivity index (χ0) is 24.3. The summed E-state index contributed by atoms with van der Waals surface area (Å²) in [4.78, 5) is 26.9. The van der Waals surface area contributed by atoms with Gasteiger partial charge in [0.2, 0.25) is 0 Å². The minimum atomic E-state index is -0.729. The average Bonchev–Trinajstić information content (AvgIpc) is 2.56. The van der Waals surface area contributed by atoms with E-state index < -0.39 is 16.2 Å². The van der Waals surface area contributed by atoms with Gasteiger partial charge in [0.25, 0.3) is 0 Å². The number of carbonyl (C=O) groups excluding carboxylic acids is 2. The van der Waals surface area contributed by atoms with Crippen molar-refractivity contribution in [3.05, 3.63) is 0 Å². The van der Waals surface area contributed by atoms with Crippen LogP contribution in [0.25, 0.3) is 0 Å². The molecule has 0 heterocycles. The number of aliphatic hydroxyl groups is 1. The van der Waals surface area contributed by atoms with Gasteiger partial charge < -0.3 is 9.84 Å². The van der Waals surface area contributed by atoms with Crippen molar-refractivity contribution in [2.75, 3.05) is 13.7 Å². The minimum absolute atomic E-state index is 0.0642. The Labute approximate surface area is 186 Å². The summed E-state index contributed by atoms with van der Waals surface area (Å²) in [5.41, 5.74) is -2.18. The topological polar surface area (TPSA) is 63.6 Å². The summed E-state index contributed by atoms with van der Waals surface area (Å²) in [5.74, 6) is -0.0575. The zero-order valence-electron chi connectivity index (χ0n) is 22.2. The van der Waals surface area contributed by atoms with Crippen LogP contribution < -0.4 is 0 Å². The van der Waals surface area contributed by atoms with Crippen LogP contribution in [0.5, 0.6) is 0 Å². The van der Waals surface area contributed by atoms with E-state index in [1.807, 2.05) is 20.8 Å². The lowest BCUT2D eigenvalue weighted by Crippen LogP contribution is -2.53. The number of Topliss-reactive ketones (excluding diaryl/α,β-unsaturated/α-hetero) is 1. The van der Waals surface area contributed by atoms with Gasteiger partial charge in [-0.15, -0.1) is 0 Å². The van der Waals surface area contributed by atoms with Crippen molar-refractivity contribution in [3.8, 4) is 0 Å². The summed E-state index contributed by atoms with van der Waals surface area (Å²) in [6.45, 7) is 25.1. The molecule has 4 nitrogen and oxygen atoms in total. The van der Waals surface area contributed by atoms with E-state index in [1.54, 1.807) is 0 Å². The molecule has 178 valence electrons. The summed E-state index contributed by atoms with van der Waals surface area (Å²) in [6, 6.07) is 0. The average molecular weight is 427 g/mol. The lowest BCUT2D eigenvalue weighted by Gasteiger charge is -2.52. The molecule has 0 saturated carbocycles. The largest absolute Gasteiger partial charge is 0.469 e. The van der Waals surface area contributed by atoms with Gasteiger partial charge in [-0.1, -0.05) is 76.2 Å². The Kier molecular flexibility index (Phi) is 9.42. The number of ketones is 1. The lowest BCUT2D eigenvalue weighted by atomic mass is 9.50. The van der Waals surface area contributed by atoms with Crippen molar-refractivity contribution >= 4 is 11.8 Å². The highest BCUT2D eigenvalue weighted by Crippen LogP contribution is 2.57. The number of ether oxygens (including phenoxy) is 1. The molecule has 0 aliphatic rings. The van der Waals surface area contributed by atoms with Crippen LogP contribution in [-0.2, 0) is 14.3 Å². The van der Waals surface area contributed by atoms with Gasteiger partial charge in [-0.25, -0.2) is 0 Å². The van der Waals surface area contributed by atoms with Gasteiger partial charge in [0.15, 0.2) is 0 Å². The second-order valence-electron chi connectivity index (χ2n) is 12.8. The number of hydrogen-bond acceptors (Lipinski definition) is 4. The fraction of sp³-hybridized carbons (Fsp3) is 0.923. The second kappa shape index (κ2) is 9.71. The van der Waals surface area contributed by atoms with E-state index in [0.717, 1.165) is 0 Å². The normalized spacial score (nSPS) is 19.4. The second-order valence-corrected chi connectivity index (χ2v) is 12.8. The maximum absolute atomic E-state index is 13.9. The summed E-state index contributed by atoms with van der Waals surface area (Å²) in [6.07, 6.45) is 1.87. The van der Waals surface area contributed by atoms with Crippen LogP contribution in [0.1, 0.15) is 102 Å². The molecule has 0 aromatic rings. The Morgan fingerprint density at radius 2 is 1.30 bits per heavy atom. The first-order valence-electron chi connectivity index (χ1n) is 11.4. The van der Waals surface area contributed by atoms with Crippen molar-refractivity contribution in [3.63, 3.8) is 0 Å². The smallest absolute Gasteiger partial charge is 0.312 e. The van der Waals surface area contributed by atoms with Crippen LogP contribution in [0, 0.1) is 38.9 Å². The Morgan fingerprint density at radius 3 is 1.63 bits per heavy atom. The Hall–Kier alpha value is -0.900. The number of methoxy groups -OCH3 is 1. The van der Waals surface area contributed by atoms with Gasteiger partial charge in [0.1, 0.15) is 5.78 Å². The molecule has 0 amide bonds. The van der Waals surface area contributed by atoms with Gasteiger partial charge in [0.05, 0.1) is 12.5 Å². The first kappa shape index (κ1) is 29.1. The molecule has 4 unspecified atom stereocenters.